The Balaban J connectivity index is 2.75. The quantitative estimate of drug-likeness (QED) is 0.883. The van der Waals surface area contributed by atoms with Gasteiger partial charge in [0, 0.05) is 23.6 Å². The fourth-order valence-electron chi connectivity index (χ4n) is 2.45. The lowest BCUT2D eigenvalue weighted by molar-refractivity contribution is 0.415. The number of benzene rings is 1. The van der Waals surface area contributed by atoms with Crippen molar-refractivity contribution in [1.82, 2.24) is 4.57 Å². The maximum Gasteiger partial charge on any atom is 0.119 e. The van der Waals surface area contributed by atoms with Crippen molar-refractivity contribution < 1.29 is 4.74 Å². The van der Waals surface area contributed by atoms with E-state index in [0.717, 1.165) is 5.75 Å². The molecular formula is C14H20N2O. The maximum atomic E-state index is 5.80. The van der Waals surface area contributed by atoms with Crippen LogP contribution in [0.25, 0.3) is 10.9 Å². The minimum absolute atomic E-state index is 0.366. The fourth-order valence-corrected chi connectivity index (χ4v) is 2.45. The second kappa shape index (κ2) is 4.41. The van der Waals surface area contributed by atoms with Gasteiger partial charge in [0.05, 0.1) is 7.11 Å². The van der Waals surface area contributed by atoms with E-state index in [-0.39, 0.29) is 0 Å². The molecule has 1 aromatic heterocycles. The molecule has 3 nitrogen and oxygen atoms in total. The lowest BCUT2D eigenvalue weighted by Crippen LogP contribution is -2.10. The second-order valence-corrected chi connectivity index (χ2v) is 4.58. The summed E-state index contributed by atoms with van der Waals surface area (Å²) < 4.78 is 7.52. The summed E-state index contributed by atoms with van der Waals surface area (Å²) in [6.45, 7) is 4.98. The SMILES string of the molecule is COc1ccc2c(c1)c(C(C)CN)c(C)n2C. The predicted octanol–water partition coefficient (Wildman–Crippen LogP) is 2.56. The van der Waals surface area contributed by atoms with E-state index in [1.54, 1.807) is 7.11 Å². The van der Waals surface area contributed by atoms with Crippen LogP contribution in [0.15, 0.2) is 18.2 Å². The Kier molecular flexibility index (Phi) is 3.11. The van der Waals surface area contributed by atoms with Gasteiger partial charge in [-0.15, -0.1) is 0 Å². The standard InChI is InChI=1S/C14H20N2O/c1-9(8-15)14-10(2)16(3)13-6-5-11(17-4)7-12(13)14/h5-7,9H,8,15H2,1-4H3. The lowest BCUT2D eigenvalue weighted by Gasteiger charge is -2.09. The average Bonchev–Trinajstić information content (AvgIpc) is 2.60. The minimum Gasteiger partial charge on any atom is -0.497 e. The third-order valence-corrected chi connectivity index (χ3v) is 3.59. The summed E-state index contributed by atoms with van der Waals surface area (Å²) >= 11 is 0. The van der Waals surface area contributed by atoms with Gasteiger partial charge in [-0.1, -0.05) is 6.92 Å². The molecule has 1 heterocycles. The van der Waals surface area contributed by atoms with Gasteiger partial charge in [0.2, 0.25) is 0 Å². The van der Waals surface area contributed by atoms with Crippen LogP contribution < -0.4 is 10.5 Å². The van der Waals surface area contributed by atoms with Crippen molar-refractivity contribution in [3.63, 3.8) is 0 Å². The van der Waals surface area contributed by atoms with Gasteiger partial charge in [0.1, 0.15) is 5.75 Å². The summed E-state index contributed by atoms with van der Waals surface area (Å²) in [6.07, 6.45) is 0. The van der Waals surface area contributed by atoms with Gasteiger partial charge < -0.3 is 15.0 Å². The molecular weight excluding hydrogens is 212 g/mol. The molecule has 2 N–H and O–H groups in total. The molecule has 2 rings (SSSR count). The molecule has 0 radical (unpaired) electrons. The molecule has 92 valence electrons. The third kappa shape index (κ3) is 1.80. The molecule has 0 aliphatic rings. The van der Waals surface area contributed by atoms with E-state index in [1.165, 1.54) is 22.2 Å². The monoisotopic (exact) mass is 232 g/mol. The topological polar surface area (TPSA) is 40.2 Å². The van der Waals surface area contributed by atoms with Crippen LogP contribution in [-0.4, -0.2) is 18.2 Å². The summed E-state index contributed by atoms with van der Waals surface area (Å²) in [5.41, 5.74) is 9.66. The van der Waals surface area contributed by atoms with E-state index < -0.39 is 0 Å². The second-order valence-electron chi connectivity index (χ2n) is 4.58. The van der Waals surface area contributed by atoms with Gasteiger partial charge >= 0.3 is 0 Å². The molecule has 1 aromatic carbocycles. The molecule has 0 saturated heterocycles. The van der Waals surface area contributed by atoms with Crippen LogP contribution >= 0.6 is 0 Å². The van der Waals surface area contributed by atoms with Crippen LogP contribution in [0.1, 0.15) is 24.1 Å². The molecule has 0 aliphatic carbocycles. The Bertz CT molecular complexity index is 543. The summed E-state index contributed by atoms with van der Waals surface area (Å²) in [5.74, 6) is 1.26. The van der Waals surface area contributed by atoms with E-state index in [9.17, 15) is 0 Å². The molecule has 3 heteroatoms. The summed E-state index contributed by atoms with van der Waals surface area (Å²) in [7, 11) is 3.79. The van der Waals surface area contributed by atoms with Crippen LogP contribution in [0, 0.1) is 6.92 Å². The highest BCUT2D eigenvalue weighted by Crippen LogP contribution is 2.32. The van der Waals surface area contributed by atoms with Crippen LogP contribution in [0.4, 0.5) is 0 Å². The maximum absolute atomic E-state index is 5.80. The van der Waals surface area contributed by atoms with Crippen molar-refractivity contribution in [2.24, 2.45) is 12.8 Å². The van der Waals surface area contributed by atoms with Gasteiger partial charge in [-0.2, -0.15) is 0 Å². The van der Waals surface area contributed by atoms with Crippen molar-refractivity contribution in [2.45, 2.75) is 19.8 Å². The first-order chi connectivity index (χ1) is 8.10. The van der Waals surface area contributed by atoms with Crippen molar-refractivity contribution in [3.8, 4) is 5.75 Å². The number of rotatable bonds is 3. The van der Waals surface area contributed by atoms with Crippen LogP contribution in [0.2, 0.25) is 0 Å². The van der Waals surface area contributed by atoms with E-state index >= 15 is 0 Å². The molecule has 1 atom stereocenters. The molecule has 1 unspecified atom stereocenters. The van der Waals surface area contributed by atoms with Crippen molar-refractivity contribution in [2.75, 3.05) is 13.7 Å². The Morgan fingerprint density at radius 1 is 1.41 bits per heavy atom. The molecule has 0 spiro atoms. The number of hydrogen-bond acceptors (Lipinski definition) is 2. The Morgan fingerprint density at radius 2 is 2.12 bits per heavy atom. The fraction of sp³-hybridized carbons (Fsp3) is 0.429. The first-order valence-electron chi connectivity index (χ1n) is 5.93. The van der Waals surface area contributed by atoms with Gasteiger partial charge in [0.25, 0.3) is 0 Å². The van der Waals surface area contributed by atoms with Crippen molar-refractivity contribution in [3.05, 3.63) is 29.5 Å². The number of nitrogens with two attached hydrogens (primary N) is 1. The summed E-state index contributed by atoms with van der Waals surface area (Å²) in [5, 5.41) is 1.25. The van der Waals surface area contributed by atoms with Crippen LogP contribution in [-0.2, 0) is 7.05 Å². The number of methoxy groups -OCH3 is 1. The zero-order valence-electron chi connectivity index (χ0n) is 10.9. The molecule has 0 aliphatic heterocycles. The molecule has 0 fully saturated rings. The number of hydrogen-bond donors (Lipinski definition) is 1. The van der Waals surface area contributed by atoms with Crippen LogP contribution in [0.3, 0.4) is 0 Å². The Morgan fingerprint density at radius 3 is 2.71 bits per heavy atom. The molecule has 17 heavy (non-hydrogen) atoms. The zero-order valence-corrected chi connectivity index (χ0v) is 10.9. The first-order valence-corrected chi connectivity index (χ1v) is 5.93. The smallest absolute Gasteiger partial charge is 0.119 e. The minimum atomic E-state index is 0.366. The van der Waals surface area contributed by atoms with Gasteiger partial charge in [0.15, 0.2) is 0 Å². The third-order valence-electron chi connectivity index (χ3n) is 3.59. The van der Waals surface area contributed by atoms with Crippen LogP contribution in [0.5, 0.6) is 5.75 Å². The average molecular weight is 232 g/mol. The zero-order chi connectivity index (χ0) is 12.6. The normalized spacial score (nSPS) is 13.0. The van der Waals surface area contributed by atoms with E-state index in [2.05, 4.69) is 37.6 Å². The van der Waals surface area contributed by atoms with Crippen molar-refractivity contribution >= 4 is 10.9 Å². The van der Waals surface area contributed by atoms with E-state index in [1.807, 2.05) is 6.07 Å². The number of aryl methyl sites for hydroxylation is 1. The lowest BCUT2D eigenvalue weighted by atomic mass is 9.98. The predicted molar refractivity (Wildman–Crippen MR) is 71.7 cm³/mol. The van der Waals surface area contributed by atoms with E-state index in [4.69, 9.17) is 10.5 Å². The highest BCUT2D eigenvalue weighted by molar-refractivity contribution is 5.87. The molecule has 0 saturated carbocycles. The Labute approximate surface area is 102 Å². The van der Waals surface area contributed by atoms with E-state index in [0.29, 0.717) is 12.5 Å². The Hall–Kier alpha value is -1.48. The number of ether oxygens (including phenoxy) is 1. The molecule has 2 aromatic rings. The number of fused-ring (bicyclic) bond motifs is 1. The highest BCUT2D eigenvalue weighted by atomic mass is 16.5. The highest BCUT2D eigenvalue weighted by Gasteiger charge is 2.16. The molecule has 0 bridgehead atoms. The number of nitrogens with zero attached hydrogens (tertiary/aromatic N) is 1. The van der Waals surface area contributed by atoms with Gasteiger partial charge in [-0.3, -0.25) is 0 Å². The van der Waals surface area contributed by atoms with Gasteiger partial charge in [-0.05, 0) is 43.1 Å². The summed E-state index contributed by atoms with van der Waals surface area (Å²) in [6, 6.07) is 6.20. The first kappa shape index (κ1) is 12.0. The molecule has 0 amide bonds. The van der Waals surface area contributed by atoms with Crippen molar-refractivity contribution in [1.29, 1.82) is 0 Å². The number of aromatic nitrogens is 1. The largest absolute Gasteiger partial charge is 0.497 e. The van der Waals surface area contributed by atoms with Gasteiger partial charge in [-0.25, -0.2) is 0 Å². The summed E-state index contributed by atoms with van der Waals surface area (Å²) in [4.78, 5) is 0.